The quantitative estimate of drug-likeness (QED) is 0.515. The molecule has 0 bridgehead atoms. The van der Waals surface area contributed by atoms with E-state index >= 15 is 0 Å². The number of rotatable bonds is 3. The summed E-state index contributed by atoms with van der Waals surface area (Å²) in [5.41, 5.74) is 1.60. The molecule has 0 radical (unpaired) electrons. The first-order valence-corrected chi connectivity index (χ1v) is 10.1. The van der Waals surface area contributed by atoms with E-state index in [2.05, 4.69) is 0 Å². The van der Waals surface area contributed by atoms with Crippen LogP contribution in [0.4, 0.5) is 0 Å². The molecule has 0 aliphatic rings. The van der Waals surface area contributed by atoms with Crippen molar-refractivity contribution in [3.8, 4) is 0 Å². The summed E-state index contributed by atoms with van der Waals surface area (Å²) in [6.07, 6.45) is 1.31. The molecule has 4 rings (SSSR count). The summed E-state index contributed by atoms with van der Waals surface area (Å²) in [4.78, 5) is 0. The normalized spacial score (nSPS) is 12.1. The van der Waals surface area contributed by atoms with Crippen molar-refractivity contribution in [2.24, 2.45) is 0 Å². The second-order valence-corrected chi connectivity index (χ2v) is 8.55. The van der Waals surface area contributed by atoms with E-state index in [4.69, 9.17) is 0 Å². The lowest BCUT2D eigenvalue weighted by atomic mass is 9.98. The molecule has 0 fully saturated rings. The van der Waals surface area contributed by atoms with Crippen LogP contribution in [-0.4, -0.2) is 14.7 Å². The van der Waals surface area contributed by atoms with Crippen LogP contribution in [-0.2, 0) is 9.84 Å². The summed E-state index contributed by atoms with van der Waals surface area (Å²) in [5.74, 6) is 0. The fraction of sp³-hybridized carbons (Fsp3) is 0.0909. The first kappa shape index (κ1) is 15.9. The molecule has 0 atom stereocenters. The smallest absolute Gasteiger partial charge is 0.158 e. The molecular formula is C22H18O2S. The Morgan fingerprint density at radius 3 is 1.40 bits per heavy atom. The number of fused-ring (bicyclic) bond motifs is 2. The summed E-state index contributed by atoms with van der Waals surface area (Å²) < 4.78 is 25.2. The molecule has 124 valence electrons. The highest BCUT2D eigenvalue weighted by Gasteiger charge is 2.25. The summed E-state index contributed by atoms with van der Waals surface area (Å²) in [6, 6.07) is 27.8. The fourth-order valence-electron chi connectivity index (χ4n) is 3.43. The van der Waals surface area contributed by atoms with E-state index in [9.17, 15) is 8.42 Å². The Hall–Kier alpha value is -2.65. The molecule has 2 nitrogen and oxygen atoms in total. The van der Waals surface area contributed by atoms with Gasteiger partial charge in [-0.15, -0.1) is 0 Å². The molecular weight excluding hydrogens is 328 g/mol. The van der Waals surface area contributed by atoms with E-state index in [-0.39, 0.29) is 0 Å². The van der Waals surface area contributed by atoms with Crippen molar-refractivity contribution < 1.29 is 8.42 Å². The molecule has 0 saturated carbocycles. The number of sulfone groups is 1. The van der Waals surface area contributed by atoms with E-state index in [0.29, 0.717) is 0 Å². The SMILES string of the molecule is CS(=O)(=O)C(c1ccc2ccccc2c1)c1ccc2ccccc2c1. The van der Waals surface area contributed by atoms with Crippen molar-refractivity contribution in [1.82, 2.24) is 0 Å². The Morgan fingerprint density at radius 1 is 0.600 bits per heavy atom. The minimum Gasteiger partial charge on any atom is -0.228 e. The van der Waals surface area contributed by atoms with Crippen LogP contribution in [0.3, 0.4) is 0 Å². The largest absolute Gasteiger partial charge is 0.228 e. The van der Waals surface area contributed by atoms with Gasteiger partial charge in [-0.05, 0) is 44.8 Å². The van der Waals surface area contributed by atoms with E-state index in [1.165, 1.54) is 6.26 Å². The van der Waals surface area contributed by atoms with Gasteiger partial charge in [0, 0.05) is 6.26 Å². The minimum absolute atomic E-state index is 0.665. The maximum Gasteiger partial charge on any atom is 0.158 e. The van der Waals surface area contributed by atoms with Gasteiger partial charge in [0.05, 0.1) is 0 Å². The van der Waals surface area contributed by atoms with Gasteiger partial charge in [0.1, 0.15) is 5.25 Å². The van der Waals surface area contributed by atoms with Crippen molar-refractivity contribution >= 4 is 31.4 Å². The van der Waals surface area contributed by atoms with E-state index in [1.54, 1.807) is 0 Å². The van der Waals surface area contributed by atoms with Crippen molar-refractivity contribution in [3.63, 3.8) is 0 Å². The topological polar surface area (TPSA) is 34.1 Å². The van der Waals surface area contributed by atoms with E-state index in [1.807, 2.05) is 84.9 Å². The average Bonchev–Trinajstić information content (AvgIpc) is 2.60. The molecule has 0 aliphatic heterocycles. The Balaban J connectivity index is 1.92. The van der Waals surface area contributed by atoms with Gasteiger partial charge in [-0.1, -0.05) is 72.8 Å². The summed E-state index contributed by atoms with van der Waals surface area (Å²) in [7, 11) is -3.31. The highest BCUT2D eigenvalue weighted by molar-refractivity contribution is 7.91. The van der Waals surface area contributed by atoms with Crippen LogP contribution in [0.2, 0.25) is 0 Å². The van der Waals surface area contributed by atoms with E-state index in [0.717, 1.165) is 32.7 Å². The zero-order chi connectivity index (χ0) is 17.4. The molecule has 4 aromatic rings. The van der Waals surface area contributed by atoms with Crippen LogP contribution in [0.1, 0.15) is 16.4 Å². The standard InChI is InChI=1S/C22H18O2S/c1-25(23,24)22(20-12-10-16-6-2-4-8-18(16)14-20)21-13-11-17-7-3-5-9-19(17)15-21/h2-15,22H,1H3. The molecule has 0 heterocycles. The molecule has 0 N–H and O–H groups in total. The Labute approximate surface area is 147 Å². The molecule has 0 spiro atoms. The van der Waals surface area contributed by atoms with Crippen molar-refractivity contribution in [2.75, 3.05) is 6.26 Å². The molecule has 0 saturated heterocycles. The third-order valence-corrected chi connectivity index (χ3v) is 5.98. The van der Waals surface area contributed by atoms with Crippen LogP contribution in [0, 0.1) is 0 Å². The highest BCUT2D eigenvalue weighted by Crippen LogP contribution is 2.33. The van der Waals surface area contributed by atoms with Crippen LogP contribution in [0.5, 0.6) is 0 Å². The highest BCUT2D eigenvalue weighted by atomic mass is 32.2. The summed E-state index contributed by atoms with van der Waals surface area (Å²) in [5, 5.41) is 3.65. The Morgan fingerprint density at radius 2 is 1.00 bits per heavy atom. The molecule has 0 amide bonds. The van der Waals surface area contributed by atoms with Gasteiger partial charge in [0.2, 0.25) is 0 Å². The van der Waals surface area contributed by atoms with E-state index < -0.39 is 15.1 Å². The van der Waals surface area contributed by atoms with Crippen molar-refractivity contribution in [2.45, 2.75) is 5.25 Å². The third-order valence-electron chi connectivity index (χ3n) is 4.58. The first-order chi connectivity index (χ1) is 12.0. The van der Waals surface area contributed by atoms with Crippen LogP contribution >= 0.6 is 0 Å². The lowest BCUT2D eigenvalue weighted by Gasteiger charge is -2.17. The predicted molar refractivity (Wildman–Crippen MR) is 105 cm³/mol. The molecule has 0 aliphatic carbocycles. The lowest BCUT2D eigenvalue weighted by Crippen LogP contribution is -2.13. The Kier molecular flexibility index (Phi) is 3.81. The number of hydrogen-bond donors (Lipinski definition) is 0. The van der Waals surface area contributed by atoms with Crippen LogP contribution in [0.25, 0.3) is 21.5 Å². The van der Waals surface area contributed by atoms with Gasteiger partial charge in [-0.3, -0.25) is 0 Å². The molecule has 3 heteroatoms. The summed E-state index contributed by atoms with van der Waals surface area (Å²) in [6.45, 7) is 0. The molecule has 0 aromatic heterocycles. The second-order valence-electron chi connectivity index (χ2n) is 6.42. The van der Waals surface area contributed by atoms with Gasteiger partial charge in [0.25, 0.3) is 0 Å². The molecule has 25 heavy (non-hydrogen) atoms. The fourth-order valence-corrected chi connectivity index (χ4v) is 4.71. The zero-order valence-electron chi connectivity index (χ0n) is 13.9. The van der Waals surface area contributed by atoms with Crippen molar-refractivity contribution in [1.29, 1.82) is 0 Å². The lowest BCUT2D eigenvalue weighted by molar-refractivity contribution is 0.595. The van der Waals surface area contributed by atoms with Crippen LogP contribution < -0.4 is 0 Å². The van der Waals surface area contributed by atoms with Gasteiger partial charge in [-0.2, -0.15) is 0 Å². The second kappa shape index (κ2) is 6.01. The molecule has 4 aromatic carbocycles. The third kappa shape index (κ3) is 3.03. The van der Waals surface area contributed by atoms with Gasteiger partial charge in [0.15, 0.2) is 9.84 Å². The first-order valence-electron chi connectivity index (χ1n) is 8.19. The maximum absolute atomic E-state index is 12.6. The number of benzene rings is 4. The molecule has 0 unspecified atom stereocenters. The minimum atomic E-state index is -3.31. The van der Waals surface area contributed by atoms with Crippen LogP contribution in [0.15, 0.2) is 84.9 Å². The maximum atomic E-state index is 12.6. The Bertz CT molecular complexity index is 1100. The summed E-state index contributed by atoms with van der Waals surface area (Å²) >= 11 is 0. The van der Waals surface area contributed by atoms with Gasteiger partial charge in [-0.25, -0.2) is 8.42 Å². The predicted octanol–water partition coefficient (Wildman–Crippen LogP) is 5.13. The monoisotopic (exact) mass is 346 g/mol. The van der Waals surface area contributed by atoms with Gasteiger partial charge >= 0.3 is 0 Å². The van der Waals surface area contributed by atoms with Crippen molar-refractivity contribution in [3.05, 3.63) is 96.1 Å². The number of hydrogen-bond acceptors (Lipinski definition) is 2. The zero-order valence-corrected chi connectivity index (χ0v) is 14.7. The van der Waals surface area contributed by atoms with Gasteiger partial charge < -0.3 is 0 Å². The average molecular weight is 346 g/mol.